The maximum Gasteiger partial charge on any atom is 0.490 e. The molecule has 0 radical (unpaired) electrons. The van der Waals surface area contributed by atoms with Gasteiger partial charge >= 0.3 is 70.0 Å². The van der Waals surface area contributed by atoms with Gasteiger partial charge in [0.15, 0.2) is 0 Å². The lowest BCUT2D eigenvalue weighted by Gasteiger charge is -2.23. The minimum absolute atomic E-state index is 0.0924. The number of nitrogens with two attached hydrogens (primary N) is 1. The summed E-state index contributed by atoms with van der Waals surface area (Å²) in [5.74, 6) is -4.32. The molecular formula is C25H37N13O27P6. The van der Waals surface area contributed by atoms with E-state index < -0.39 is 126 Å². The summed E-state index contributed by atoms with van der Waals surface area (Å²) < 4.78 is 116. The molecule has 12 atom stereocenters. The molecule has 4 heterocycles. The first kappa shape index (κ1) is 60.9. The Morgan fingerprint density at radius 3 is 1.54 bits per heavy atom. The maximum atomic E-state index is 12.2. The van der Waals surface area contributed by atoms with Gasteiger partial charge in [0.25, 0.3) is 5.56 Å². The summed E-state index contributed by atoms with van der Waals surface area (Å²) in [6.07, 6.45) is -5.74. The molecule has 40 nitrogen and oxygen atoms in total. The van der Waals surface area contributed by atoms with Gasteiger partial charge in [-0.3, -0.25) is 47.1 Å². The highest BCUT2D eigenvalue weighted by molar-refractivity contribution is 7.67. The first-order valence-corrected chi connectivity index (χ1v) is 27.2. The molecule has 71 heavy (non-hydrogen) atoms. The second kappa shape index (κ2) is 23.7. The molecule has 0 amide bonds. The first-order valence-electron chi connectivity index (χ1n) is 18.2. The minimum atomic E-state index is -5.78. The van der Waals surface area contributed by atoms with E-state index in [0.29, 0.717) is 0 Å². The third-order valence-electron chi connectivity index (χ3n) is 8.24. The topological polar surface area (TPSA) is 579 Å². The lowest BCUT2D eigenvalue weighted by molar-refractivity contribution is -0.0993. The fourth-order valence-electron chi connectivity index (χ4n) is 5.56. The van der Waals surface area contributed by atoms with Crippen LogP contribution in [0.2, 0.25) is 0 Å². The zero-order valence-electron chi connectivity index (χ0n) is 35.5. The van der Waals surface area contributed by atoms with E-state index in [1.807, 2.05) is 4.98 Å². The molecule has 0 aromatic carbocycles. The van der Waals surface area contributed by atoms with E-state index in [1.165, 1.54) is 19.2 Å². The number of hydrogen-bond donors (Lipinski definition) is 10. The number of phosphoric acid groups is 6. The molecule has 2 saturated heterocycles. The van der Waals surface area contributed by atoms with Gasteiger partial charge in [0.2, 0.25) is 0 Å². The summed E-state index contributed by atoms with van der Waals surface area (Å²) in [7, 11) is -33.8. The Morgan fingerprint density at radius 1 is 0.761 bits per heavy atom. The molecule has 0 saturated carbocycles. The van der Waals surface area contributed by atoms with E-state index in [1.54, 1.807) is 0 Å². The molecule has 0 bridgehead atoms. The van der Waals surface area contributed by atoms with Crippen molar-refractivity contribution in [2.75, 3.05) is 18.9 Å². The number of aromatic amines is 1. The van der Waals surface area contributed by atoms with Crippen LogP contribution in [0.4, 0.5) is 5.82 Å². The predicted molar refractivity (Wildman–Crippen MR) is 224 cm³/mol. The number of aryl methyl sites for hydroxylation is 1. The van der Waals surface area contributed by atoms with Crippen molar-refractivity contribution < 1.29 is 112 Å². The van der Waals surface area contributed by atoms with Gasteiger partial charge in [0.1, 0.15) is 30.5 Å². The van der Waals surface area contributed by atoms with E-state index in [-0.39, 0.29) is 24.2 Å². The van der Waals surface area contributed by atoms with Crippen LogP contribution < -0.4 is 22.7 Å². The van der Waals surface area contributed by atoms with Gasteiger partial charge in [-0.2, -0.15) is 22.2 Å². The fraction of sp³-hybridized carbons (Fsp3) is 0.600. The van der Waals surface area contributed by atoms with Crippen LogP contribution in [0.3, 0.4) is 0 Å². The second-order valence-corrected chi connectivity index (χ2v) is 22.6. The zero-order valence-corrected chi connectivity index (χ0v) is 40.9. The Morgan fingerprint density at radius 2 is 1.17 bits per heavy atom. The molecule has 11 N–H and O–H groups in total. The molecule has 46 heteroatoms. The molecule has 394 valence electrons. The smallest absolute Gasteiger partial charge is 0.383 e. The minimum Gasteiger partial charge on any atom is -0.383 e. The number of phosphoric ester groups is 2. The molecule has 8 unspecified atom stereocenters. The van der Waals surface area contributed by atoms with E-state index in [4.69, 9.17) is 68.5 Å². The Kier molecular flexibility index (Phi) is 20.3. The molecule has 4 rings (SSSR count). The van der Waals surface area contributed by atoms with Crippen molar-refractivity contribution in [3.8, 4) is 0 Å². The van der Waals surface area contributed by atoms with Crippen molar-refractivity contribution in [2.24, 2.45) is 10.2 Å². The van der Waals surface area contributed by atoms with Crippen molar-refractivity contribution in [3.05, 3.63) is 99.1 Å². The summed E-state index contributed by atoms with van der Waals surface area (Å²) in [4.78, 5) is 125. The van der Waals surface area contributed by atoms with Gasteiger partial charge in [-0.1, -0.05) is 0 Å². The lowest BCUT2D eigenvalue weighted by Crippen LogP contribution is -2.35. The SMILES string of the molecule is [C-]#[N+]C(C)(N=[N+]=[N-])OC1C[C@H](n2cc(C)c(=O)[nH]c2=O)O[C@@H]1COP(=O)(O)OP(=O)(O)OP(=O)(O)O.[C-]#[N+]C(C)(N=[N+]=[N-])OC1C[C@H](n2ccc(N)nc2=O)O[C@@H]1COP(=O)(O)OP(=O)(O)OP(=O)(O)O. The van der Waals surface area contributed by atoms with E-state index in [0.717, 1.165) is 29.2 Å². The summed E-state index contributed by atoms with van der Waals surface area (Å²) in [6.45, 7) is 16.0. The molecule has 0 spiro atoms. The van der Waals surface area contributed by atoms with E-state index >= 15 is 0 Å². The number of nitrogen functional groups attached to an aromatic ring is 1. The third kappa shape index (κ3) is 19.5. The average Bonchev–Trinajstić information content (AvgIpc) is 3.78. The standard InChI is InChI=1S/C13H19N6O14P3.C12H18N7O13P3/c1-7-5-19(12(21)16-11(7)20)10-4-8(31-13(2,15-3)17-18-14)9(30-10)6-29-35(25,26)33-36(27,28)32-34(22,23)24;1-12(15-2,17-18-14)30-7-5-10(19-4-3-9(13)16-11(19)20)29-8(7)6-28-34(24,25)32-35(26,27)31-33(21,22)23/h5,8-10H,4,6H2,1-2H3,(H,25,26)(H,27,28)(H,16,20,21)(H2,22,23,24);3-4,7-8,10H,5-6H2,1H3,(H,24,25)(H,26,27)(H2,13,16,20)(H2,21,22,23)/t8?,9-,10-,13?;7?,8-,10-,12?/m11/s1. The Hall–Kier alpha value is -4.38. The summed E-state index contributed by atoms with van der Waals surface area (Å²) >= 11 is 0. The van der Waals surface area contributed by atoms with Crippen molar-refractivity contribution in [3.63, 3.8) is 0 Å². The zero-order chi connectivity index (χ0) is 54.2. The number of aromatic nitrogens is 4. The van der Waals surface area contributed by atoms with Crippen LogP contribution in [0.15, 0.2) is 43.1 Å². The Labute approximate surface area is 393 Å². The molecular weight excluding hydrogens is 1100 g/mol. The quantitative estimate of drug-likeness (QED) is 0.0263. The van der Waals surface area contributed by atoms with Gasteiger partial charge in [-0.25, -0.2) is 50.1 Å². The summed E-state index contributed by atoms with van der Waals surface area (Å²) in [5, 5.41) is 6.42. The summed E-state index contributed by atoms with van der Waals surface area (Å²) in [5.41, 5.74) is 20.5. The van der Waals surface area contributed by atoms with Crippen LogP contribution in [0.5, 0.6) is 0 Å². The van der Waals surface area contributed by atoms with Crippen molar-refractivity contribution in [2.45, 2.75) is 82.2 Å². The molecule has 2 aliphatic heterocycles. The molecule has 2 aliphatic rings. The van der Waals surface area contributed by atoms with Gasteiger partial charge in [-0.05, 0) is 24.1 Å². The fourth-order valence-corrected chi connectivity index (χ4v) is 11.6. The summed E-state index contributed by atoms with van der Waals surface area (Å²) in [6, 6.07) is 1.27. The highest BCUT2D eigenvalue weighted by Crippen LogP contribution is 2.67. The van der Waals surface area contributed by atoms with Crippen molar-refractivity contribution >= 4 is 52.8 Å². The highest BCUT2D eigenvalue weighted by Gasteiger charge is 2.49. The van der Waals surface area contributed by atoms with Crippen LogP contribution in [0.1, 0.15) is 44.7 Å². The molecule has 0 aliphatic carbocycles. The number of ether oxygens (including phenoxy) is 4. The normalized spacial score (nSPS) is 25.3. The third-order valence-corrected chi connectivity index (χ3v) is 15.8. The van der Waals surface area contributed by atoms with Crippen molar-refractivity contribution in [1.82, 2.24) is 19.1 Å². The van der Waals surface area contributed by atoms with Crippen LogP contribution in [-0.4, -0.2) is 108 Å². The first-order chi connectivity index (χ1) is 32.4. The van der Waals surface area contributed by atoms with Crippen molar-refractivity contribution in [1.29, 1.82) is 0 Å². The van der Waals surface area contributed by atoms with Crippen LogP contribution in [0, 0.1) is 20.1 Å². The Balaban J connectivity index is 0.000000375. The number of nitrogens with one attached hydrogen (secondary N) is 1. The van der Waals surface area contributed by atoms with Gasteiger partial charge < -0.3 is 54.4 Å². The highest BCUT2D eigenvalue weighted by atomic mass is 31.3. The Bertz CT molecular complexity index is 2970. The number of azide groups is 2. The van der Waals surface area contributed by atoms with Crippen LogP contribution >= 0.6 is 46.9 Å². The number of rotatable bonds is 22. The number of H-pyrrole nitrogens is 1. The second-order valence-electron chi connectivity index (χ2n) is 13.8. The monoisotopic (exact) mass is 1140 g/mol. The number of anilines is 1. The average molecular weight is 1140 g/mol. The molecule has 2 aromatic heterocycles. The van der Waals surface area contributed by atoms with Gasteiger partial charge in [-0.15, -0.1) is 0 Å². The number of nitrogens with zero attached hydrogens (tertiary/aromatic N) is 11. The largest absolute Gasteiger partial charge is 0.490 e. The van der Waals surface area contributed by atoms with Gasteiger partial charge in [0.05, 0.1) is 25.4 Å². The van der Waals surface area contributed by atoms with E-state index in [9.17, 15) is 61.3 Å². The van der Waals surface area contributed by atoms with E-state index in [2.05, 4.69) is 61.0 Å². The van der Waals surface area contributed by atoms with Crippen LogP contribution in [-0.2, 0) is 72.6 Å². The number of hydrogen-bond acceptors (Lipinski definition) is 23. The molecule has 2 fully saturated rings. The van der Waals surface area contributed by atoms with Gasteiger partial charge in [0, 0.05) is 64.7 Å². The lowest BCUT2D eigenvalue weighted by atomic mass is 10.2. The predicted octanol–water partition coefficient (Wildman–Crippen LogP) is 1.51. The molecule has 2 aromatic rings. The van der Waals surface area contributed by atoms with Crippen LogP contribution in [0.25, 0.3) is 30.6 Å². The maximum absolute atomic E-state index is 12.2.